The molecule has 0 saturated heterocycles. The number of hydrogen-bond donors (Lipinski definition) is 1. The van der Waals surface area contributed by atoms with Crippen LogP contribution in [0, 0.1) is 12.4 Å². The summed E-state index contributed by atoms with van der Waals surface area (Å²) in [5.74, 6) is -0.701. The lowest BCUT2D eigenvalue weighted by atomic mass is 9.93. The van der Waals surface area contributed by atoms with Crippen molar-refractivity contribution in [3.8, 4) is 22.6 Å². The molecule has 0 saturated carbocycles. The molecule has 7 nitrogen and oxygen atoms in total. The number of aryl methyl sites for hydroxylation is 1. The van der Waals surface area contributed by atoms with Gasteiger partial charge < -0.3 is 9.30 Å². The number of nitrogens with zero attached hydrogens (tertiary/aromatic N) is 2. The first-order chi connectivity index (χ1) is 17.9. The highest BCUT2D eigenvalue weighted by atomic mass is 32.2. The van der Waals surface area contributed by atoms with Gasteiger partial charge in [-0.25, -0.2) is 4.39 Å². The van der Waals surface area contributed by atoms with Crippen LogP contribution in [0.5, 0.6) is 11.5 Å². The van der Waals surface area contributed by atoms with Gasteiger partial charge in [0.15, 0.2) is 11.6 Å². The Labute approximate surface area is 219 Å². The molecule has 4 rings (SSSR count). The standard InChI is InChI=1S/C26H24F4N3O4S.2H2/c1-4-15(5-2)17-7-6-8-22(23(17)27)37-21-10-9-16(32-38(35,36)26(28,29)30)13-19(21)20-14-33(3)25(34)24-18(20)11-12-31-24;;/h6-15,32H,4-5H2,1-3H3;2*1H. The van der Waals surface area contributed by atoms with Crippen LogP contribution in [0.3, 0.4) is 0 Å². The second kappa shape index (κ2) is 10.2. The van der Waals surface area contributed by atoms with Crippen molar-refractivity contribution < 1.29 is 33.6 Å². The van der Waals surface area contributed by atoms with Crippen LogP contribution >= 0.6 is 0 Å². The first-order valence-corrected chi connectivity index (χ1v) is 13.2. The molecule has 2 heterocycles. The zero-order chi connectivity index (χ0) is 27.8. The van der Waals surface area contributed by atoms with Gasteiger partial charge in [-0.1, -0.05) is 26.0 Å². The Bertz CT molecular complexity index is 1690. The first-order valence-electron chi connectivity index (χ1n) is 11.7. The summed E-state index contributed by atoms with van der Waals surface area (Å²) in [4.78, 5) is 16.6. The highest BCUT2D eigenvalue weighted by Crippen LogP contribution is 2.38. The van der Waals surface area contributed by atoms with E-state index >= 15 is 4.39 Å². The molecule has 38 heavy (non-hydrogen) atoms. The second-order valence-electron chi connectivity index (χ2n) is 8.70. The van der Waals surface area contributed by atoms with Gasteiger partial charge in [0.05, 0.1) is 6.54 Å². The quantitative estimate of drug-likeness (QED) is 0.387. The fourth-order valence-electron chi connectivity index (χ4n) is 4.30. The maximum atomic E-state index is 15.5. The lowest BCUT2D eigenvalue weighted by molar-refractivity contribution is -0.0429. The maximum Gasteiger partial charge on any atom is 0.516 e. The third-order valence-electron chi connectivity index (χ3n) is 6.30. The molecule has 1 aliphatic rings. The summed E-state index contributed by atoms with van der Waals surface area (Å²) >= 11 is 0. The minimum atomic E-state index is -5.71. The molecule has 1 N–H and O–H groups in total. The number of aromatic nitrogens is 1. The Morgan fingerprint density at radius 2 is 1.82 bits per heavy atom. The molecule has 0 aliphatic carbocycles. The van der Waals surface area contributed by atoms with Gasteiger partial charge in [0.25, 0.3) is 5.56 Å². The number of nitrogens with one attached hydrogen (secondary N) is 1. The van der Waals surface area contributed by atoms with Crippen LogP contribution in [0.15, 0.2) is 52.4 Å². The molecule has 0 bridgehead atoms. The highest BCUT2D eigenvalue weighted by molar-refractivity contribution is 7.93. The molecule has 0 amide bonds. The third kappa shape index (κ3) is 5.04. The van der Waals surface area contributed by atoms with E-state index in [4.69, 9.17) is 4.74 Å². The average molecular weight is 555 g/mol. The smallest absolute Gasteiger partial charge is 0.454 e. The Balaban J connectivity index is 0.00000280. The van der Waals surface area contributed by atoms with E-state index in [2.05, 4.69) is 4.99 Å². The van der Waals surface area contributed by atoms with Gasteiger partial charge in [-0.05, 0) is 54.7 Å². The zero-order valence-electron chi connectivity index (χ0n) is 20.6. The summed E-state index contributed by atoms with van der Waals surface area (Å²) in [6.45, 7) is 5.28. The van der Waals surface area contributed by atoms with E-state index < -0.39 is 32.6 Å². The molecule has 1 aliphatic heterocycles. The van der Waals surface area contributed by atoms with E-state index in [0.29, 0.717) is 29.2 Å². The van der Waals surface area contributed by atoms with Gasteiger partial charge in [-0.15, -0.1) is 0 Å². The van der Waals surface area contributed by atoms with Crippen LogP contribution in [0.25, 0.3) is 17.2 Å². The molecule has 1 aromatic heterocycles. The Hall–Kier alpha value is -3.67. The van der Waals surface area contributed by atoms with Gasteiger partial charge in [-0.3, -0.25) is 14.5 Å². The monoisotopic (exact) mass is 554 g/mol. The van der Waals surface area contributed by atoms with Crippen LogP contribution in [0.4, 0.5) is 23.2 Å². The van der Waals surface area contributed by atoms with Gasteiger partial charge in [0.2, 0.25) is 0 Å². The number of ether oxygens (including phenoxy) is 1. The summed E-state index contributed by atoms with van der Waals surface area (Å²) in [5.41, 5.74) is -5.45. The summed E-state index contributed by atoms with van der Waals surface area (Å²) in [6, 6.07) is 8.18. The summed E-state index contributed by atoms with van der Waals surface area (Å²) < 4.78 is 86.7. The van der Waals surface area contributed by atoms with Gasteiger partial charge in [0, 0.05) is 38.1 Å². The van der Waals surface area contributed by atoms with Crippen LogP contribution < -0.4 is 25.6 Å². The molecule has 12 heteroatoms. The van der Waals surface area contributed by atoms with E-state index in [9.17, 15) is 26.4 Å². The molecule has 2 aromatic carbocycles. The maximum absolute atomic E-state index is 15.5. The van der Waals surface area contributed by atoms with Crippen molar-refractivity contribution in [3.63, 3.8) is 0 Å². The first kappa shape index (κ1) is 27.4. The van der Waals surface area contributed by atoms with Crippen molar-refractivity contribution >= 4 is 21.8 Å². The number of halogens is 4. The highest BCUT2D eigenvalue weighted by Gasteiger charge is 2.46. The SMILES string of the molecule is CCC(CC)c1cccc(Oc2ccc(NS(=O)(=O)C(F)(F)F)cc2-c2cn(C)c(=O)c3c2=C[CH]N=3)c1F.[HH].[HH]. The average Bonchev–Trinajstić information content (AvgIpc) is 3.35. The third-order valence-corrected chi connectivity index (χ3v) is 7.41. The number of hydrogen-bond acceptors (Lipinski definition) is 5. The van der Waals surface area contributed by atoms with Crippen LogP contribution in [-0.2, 0) is 17.1 Å². The Morgan fingerprint density at radius 3 is 2.47 bits per heavy atom. The van der Waals surface area contributed by atoms with Crippen LogP contribution in [0.2, 0.25) is 0 Å². The van der Waals surface area contributed by atoms with Crippen molar-refractivity contribution in [2.45, 2.75) is 38.1 Å². The summed E-state index contributed by atoms with van der Waals surface area (Å²) in [7, 11) is -4.25. The number of anilines is 1. The van der Waals surface area contributed by atoms with E-state index in [1.165, 1.54) is 47.3 Å². The number of alkyl halides is 3. The fraction of sp³-hybridized carbons (Fsp3) is 0.269. The topological polar surface area (TPSA) is 89.8 Å². The number of benzene rings is 2. The Kier molecular flexibility index (Phi) is 7.37. The van der Waals surface area contributed by atoms with E-state index in [-0.39, 0.29) is 31.2 Å². The molecule has 1 radical (unpaired) electrons. The summed E-state index contributed by atoms with van der Waals surface area (Å²) in [6.07, 6.45) is 4.37. The predicted octanol–water partition coefficient (Wildman–Crippen LogP) is 5.22. The van der Waals surface area contributed by atoms with Gasteiger partial charge in [-0.2, -0.15) is 21.6 Å². The van der Waals surface area contributed by atoms with E-state index in [1.807, 2.05) is 13.8 Å². The fourth-order valence-corrected chi connectivity index (χ4v) is 4.85. The normalized spacial score (nSPS) is 13.2. The molecule has 205 valence electrons. The molecule has 0 spiro atoms. The molecule has 0 unspecified atom stereocenters. The Morgan fingerprint density at radius 1 is 1.11 bits per heavy atom. The van der Waals surface area contributed by atoms with E-state index in [1.54, 1.807) is 12.1 Å². The van der Waals surface area contributed by atoms with Crippen molar-refractivity contribution in [2.24, 2.45) is 12.0 Å². The van der Waals surface area contributed by atoms with Crippen LogP contribution in [-0.4, -0.2) is 18.5 Å². The summed E-state index contributed by atoms with van der Waals surface area (Å²) in [5, 5.41) is 0.458. The molecular formula is C26H28F4N3O4S. The van der Waals surface area contributed by atoms with E-state index in [0.717, 1.165) is 12.1 Å². The van der Waals surface area contributed by atoms with Crippen LogP contribution in [0.1, 0.15) is 41.0 Å². The van der Waals surface area contributed by atoms with Gasteiger partial charge in [0.1, 0.15) is 11.1 Å². The van der Waals surface area contributed by atoms with Gasteiger partial charge >= 0.3 is 15.5 Å². The minimum absolute atomic E-state index is 0. The zero-order valence-corrected chi connectivity index (χ0v) is 21.5. The number of fused-ring (bicyclic) bond motifs is 1. The lowest BCUT2D eigenvalue weighted by Crippen LogP contribution is -2.43. The molecule has 0 fully saturated rings. The van der Waals surface area contributed by atoms with Crippen molar-refractivity contribution in [1.82, 2.24) is 4.57 Å². The van der Waals surface area contributed by atoms with Crippen molar-refractivity contribution in [1.29, 1.82) is 0 Å². The second-order valence-corrected chi connectivity index (χ2v) is 10.4. The number of pyridine rings is 1. The molecule has 0 atom stereocenters. The molecular weight excluding hydrogens is 526 g/mol. The predicted molar refractivity (Wildman–Crippen MR) is 139 cm³/mol. The molecule has 3 aromatic rings. The lowest BCUT2D eigenvalue weighted by Gasteiger charge is -2.18. The minimum Gasteiger partial charge on any atom is -0.454 e. The van der Waals surface area contributed by atoms with Crippen molar-refractivity contribution in [2.75, 3.05) is 4.72 Å². The largest absolute Gasteiger partial charge is 0.516 e. The number of sulfonamides is 1. The van der Waals surface area contributed by atoms with Crippen molar-refractivity contribution in [3.05, 3.63) is 81.5 Å². The number of rotatable bonds is 8.